The second-order valence-electron chi connectivity index (χ2n) is 3.46. The Kier molecular flexibility index (Phi) is 4.33. The normalized spacial score (nSPS) is 12.4. The van der Waals surface area contributed by atoms with Crippen LogP contribution in [0.2, 0.25) is 0 Å². The Labute approximate surface area is 85.1 Å². The highest BCUT2D eigenvalue weighted by molar-refractivity contribution is 5.84. The smallest absolute Gasteiger partial charge is 0.154 e. The van der Waals surface area contributed by atoms with E-state index >= 15 is 0 Å². The maximum Gasteiger partial charge on any atom is 0.154 e. The summed E-state index contributed by atoms with van der Waals surface area (Å²) >= 11 is 0. The molecule has 0 saturated carbocycles. The van der Waals surface area contributed by atoms with Crippen molar-refractivity contribution in [2.24, 2.45) is 5.73 Å². The van der Waals surface area contributed by atoms with E-state index in [0.717, 1.165) is 18.4 Å². The molecule has 1 aromatic carbocycles. The van der Waals surface area contributed by atoms with Crippen molar-refractivity contribution in [2.45, 2.75) is 32.2 Å². The number of rotatable bonds is 5. The van der Waals surface area contributed by atoms with Crippen molar-refractivity contribution in [1.29, 1.82) is 0 Å². The molecule has 0 aromatic heterocycles. The van der Waals surface area contributed by atoms with Crippen LogP contribution in [0.4, 0.5) is 0 Å². The van der Waals surface area contributed by atoms with Gasteiger partial charge < -0.3 is 5.73 Å². The van der Waals surface area contributed by atoms with Crippen LogP contribution in [0, 0.1) is 0 Å². The Hall–Kier alpha value is -1.15. The first kappa shape index (κ1) is 10.9. The average molecular weight is 191 g/mol. The van der Waals surface area contributed by atoms with E-state index in [-0.39, 0.29) is 5.78 Å². The zero-order valence-electron chi connectivity index (χ0n) is 8.57. The van der Waals surface area contributed by atoms with Gasteiger partial charge in [-0.2, -0.15) is 0 Å². The Morgan fingerprint density at radius 2 is 2.00 bits per heavy atom. The zero-order chi connectivity index (χ0) is 10.4. The quantitative estimate of drug-likeness (QED) is 0.776. The number of carbonyl (C=O) groups excluding carboxylic acids is 1. The summed E-state index contributed by atoms with van der Waals surface area (Å²) in [5.41, 5.74) is 6.74. The van der Waals surface area contributed by atoms with Crippen LogP contribution in [0.1, 0.15) is 37.8 Å². The Balaban J connectivity index is 2.57. The summed E-state index contributed by atoms with van der Waals surface area (Å²) in [5, 5.41) is 0. The van der Waals surface area contributed by atoms with Crippen LogP contribution < -0.4 is 5.73 Å². The molecule has 2 N–H and O–H groups in total. The van der Waals surface area contributed by atoms with Gasteiger partial charge in [0.2, 0.25) is 0 Å². The topological polar surface area (TPSA) is 43.1 Å². The first-order valence-corrected chi connectivity index (χ1v) is 5.09. The van der Waals surface area contributed by atoms with Gasteiger partial charge in [0, 0.05) is 6.42 Å². The van der Waals surface area contributed by atoms with Crippen molar-refractivity contribution < 1.29 is 4.79 Å². The molecule has 1 aromatic rings. The molecule has 0 bridgehead atoms. The molecule has 0 aliphatic rings. The second-order valence-corrected chi connectivity index (χ2v) is 3.46. The maximum atomic E-state index is 11.6. The van der Waals surface area contributed by atoms with Crippen LogP contribution in [-0.4, -0.2) is 5.78 Å². The van der Waals surface area contributed by atoms with Gasteiger partial charge in [-0.1, -0.05) is 43.7 Å². The summed E-state index contributed by atoms with van der Waals surface area (Å²) in [4.78, 5) is 11.6. The number of ketones is 1. The largest absolute Gasteiger partial charge is 0.318 e. The molecule has 1 atom stereocenters. The summed E-state index contributed by atoms with van der Waals surface area (Å²) in [7, 11) is 0. The molecule has 76 valence electrons. The molecule has 0 heterocycles. The van der Waals surface area contributed by atoms with E-state index in [1.165, 1.54) is 0 Å². The highest BCUT2D eigenvalue weighted by Crippen LogP contribution is 2.13. The van der Waals surface area contributed by atoms with Crippen molar-refractivity contribution >= 4 is 5.78 Å². The van der Waals surface area contributed by atoms with Gasteiger partial charge in [0.1, 0.15) is 0 Å². The number of unbranched alkanes of at least 4 members (excludes halogenated alkanes) is 1. The fraction of sp³-hybridized carbons (Fsp3) is 0.417. The fourth-order valence-electron chi connectivity index (χ4n) is 1.35. The lowest BCUT2D eigenvalue weighted by molar-refractivity contribution is -0.120. The standard InChI is InChI=1S/C12H17NO/c1-2-3-9-11(14)12(13)10-7-5-4-6-8-10/h4-8,12H,2-3,9,13H2,1H3/t12-/m1/s1. The van der Waals surface area contributed by atoms with Crippen molar-refractivity contribution in [3.05, 3.63) is 35.9 Å². The van der Waals surface area contributed by atoms with Gasteiger partial charge in [-0.3, -0.25) is 4.79 Å². The second kappa shape index (κ2) is 5.55. The van der Waals surface area contributed by atoms with Gasteiger partial charge in [0.05, 0.1) is 6.04 Å². The number of hydrogen-bond donors (Lipinski definition) is 1. The first-order chi connectivity index (χ1) is 6.75. The molecule has 0 amide bonds. The molecular formula is C12H17NO. The van der Waals surface area contributed by atoms with E-state index in [2.05, 4.69) is 6.92 Å². The van der Waals surface area contributed by atoms with E-state index in [0.29, 0.717) is 6.42 Å². The number of benzene rings is 1. The van der Waals surface area contributed by atoms with Gasteiger partial charge in [-0.05, 0) is 12.0 Å². The van der Waals surface area contributed by atoms with Gasteiger partial charge in [-0.15, -0.1) is 0 Å². The summed E-state index contributed by atoms with van der Waals surface area (Å²) in [5.74, 6) is 0.137. The van der Waals surface area contributed by atoms with Crippen LogP contribution >= 0.6 is 0 Å². The molecule has 0 saturated heterocycles. The minimum absolute atomic E-state index is 0.137. The van der Waals surface area contributed by atoms with Gasteiger partial charge >= 0.3 is 0 Å². The molecule has 0 aliphatic heterocycles. The summed E-state index contributed by atoms with van der Waals surface area (Å²) in [6, 6.07) is 9.09. The van der Waals surface area contributed by atoms with E-state index in [1.54, 1.807) is 0 Å². The number of Topliss-reactive ketones (excluding diaryl/α,β-unsaturated/α-hetero) is 1. The van der Waals surface area contributed by atoms with Crippen LogP contribution in [0.25, 0.3) is 0 Å². The molecule has 2 heteroatoms. The molecule has 2 nitrogen and oxygen atoms in total. The zero-order valence-corrected chi connectivity index (χ0v) is 8.57. The van der Waals surface area contributed by atoms with Crippen LogP contribution in [0.5, 0.6) is 0 Å². The third kappa shape index (κ3) is 2.96. The third-order valence-corrected chi connectivity index (χ3v) is 2.28. The molecule has 0 fully saturated rings. The lowest BCUT2D eigenvalue weighted by atomic mass is 10.0. The molecule has 14 heavy (non-hydrogen) atoms. The monoisotopic (exact) mass is 191 g/mol. The first-order valence-electron chi connectivity index (χ1n) is 5.09. The Morgan fingerprint density at radius 1 is 1.36 bits per heavy atom. The predicted molar refractivity (Wildman–Crippen MR) is 57.9 cm³/mol. The lowest BCUT2D eigenvalue weighted by Gasteiger charge is -2.09. The summed E-state index contributed by atoms with van der Waals surface area (Å²) in [6.07, 6.45) is 2.55. The Bertz CT molecular complexity index is 282. The fourth-order valence-corrected chi connectivity index (χ4v) is 1.35. The van der Waals surface area contributed by atoms with Crippen molar-refractivity contribution in [1.82, 2.24) is 0 Å². The van der Waals surface area contributed by atoms with Crippen molar-refractivity contribution in [3.8, 4) is 0 Å². The highest BCUT2D eigenvalue weighted by Gasteiger charge is 2.13. The summed E-state index contributed by atoms with van der Waals surface area (Å²) < 4.78 is 0. The number of carbonyl (C=O) groups is 1. The minimum atomic E-state index is -0.442. The van der Waals surface area contributed by atoms with E-state index in [1.807, 2.05) is 30.3 Å². The highest BCUT2D eigenvalue weighted by atomic mass is 16.1. The van der Waals surface area contributed by atoms with Crippen LogP contribution in [-0.2, 0) is 4.79 Å². The predicted octanol–water partition coefficient (Wildman–Crippen LogP) is 2.45. The molecular weight excluding hydrogens is 174 g/mol. The Morgan fingerprint density at radius 3 is 2.57 bits per heavy atom. The van der Waals surface area contributed by atoms with E-state index < -0.39 is 6.04 Å². The molecule has 0 spiro atoms. The minimum Gasteiger partial charge on any atom is -0.318 e. The maximum absolute atomic E-state index is 11.6. The number of nitrogens with two attached hydrogens (primary N) is 1. The van der Waals surface area contributed by atoms with E-state index in [4.69, 9.17) is 5.73 Å². The van der Waals surface area contributed by atoms with E-state index in [9.17, 15) is 4.79 Å². The van der Waals surface area contributed by atoms with Crippen molar-refractivity contribution in [2.75, 3.05) is 0 Å². The SMILES string of the molecule is CCCCC(=O)[C@H](N)c1ccccc1. The van der Waals surface area contributed by atoms with Crippen molar-refractivity contribution in [3.63, 3.8) is 0 Å². The van der Waals surface area contributed by atoms with Gasteiger partial charge in [-0.25, -0.2) is 0 Å². The van der Waals surface area contributed by atoms with Gasteiger partial charge in [0.25, 0.3) is 0 Å². The number of hydrogen-bond acceptors (Lipinski definition) is 2. The summed E-state index contributed by atoms with van der Waals surface area (Å²) in [6.45, 7) is 2.07. The van der Waals surface area contributed by atoms with Crippen LogP contribution in [0.3, 0.4) is 0 Å². The lowest BCUT2D eigenvalue weighted by Crippen LogP contribution is -2.20. The molecule has 0 unspecified atom stereocenters. The molecule has 0 aliphatic carbocycles. The molecule has 1 rings (SSSR count). The van der Waals surface area contributed by atoms with Crippen LogP contribution in [0.15, 0.2) is 30.3 Å². The van der Waals surface area contributed by atoms with Gasteiger partial charge in [0.15, 0.2) is 5.78 Å². The molecule has 0 radical (unpaired) electrons. The third-order valence-electron chi connectivity index (χ3n) is 2.28. The average Bonchev–Trinajstić information content (AvgIpc) is 2.26.